The molecule has 0 bridgehead atoms. The van der Waals surface area contributed by atoms with Crippen LogP contribution >= 0.6 is 11.6 Å². The van der Waals surface area contributed by atoms with Crippen LogP contribution in [-0.2, 0) is 6.54 Å². The highest BCUT2D eigenvalue weighted by molar-refractivity contribution is 6.30. The Morgan fingerprint density at radius 2 is 2.00 bits per heavy atom. The van der Waals surface area contributed by atoms with Crippen LogP contribution in [0.15, 0.2) is 48.5 Å². The van der Waals surface area contributed by atoms with Crippen LogP contribution in [0.3, 0.4) is 0 Å². The summed E-state index contributed by atoms with van der Waals surface area (Å²) >= 11 is 5.85. The van der Waals surface area contributed by atoms with Crippen LogP contribution in [0.1, 0.15) is 16.2 Å². The van der Waals surface area contributed by atoms with E-state index in [1.807, 2.05) is 0 Å². The van der Waals surface area contributed by atoms with Crippen LogP contribution in [0.25, 0.3) is 5.69 Å². The molecule has 0 aliphatic carbocycles. The molecule has 1 N–H and O–H groups in total. The first kappa shape index (κ1) is 16.5. The molecule has 25 heavy (non-hydrogen) atoms. The van der Waals surface area contributed by atoms with Gasteiger partial charge in [-0.15, -0.1) is 5.10 Å². The van der Waals surface area contributed by atoms with Gasteiger partial charge in [-0.1, -0.05) is 17.7 Å². The first-order valence-corrected chi connectivity index (χ1v) is 7.48. The van der Waals surface area contributed by atoms with Crippen LogP contribution in [0.2, 0.25) is 5.02 Å². The second-order valence-corrected chi connectivity index (χ2v) is 5.41. The summed E-state index contributed by atoms with van der Waals surface area (Å²) in [6.07, 6.45) is 0. The summed E-state index contributed by atoms with van der Waals surface area (Å²) < 4.78 is 1.46. The summed E-state index contributed by atoms with van der Waals surface area (Å²) in [5.41, 5.74) is 0.715. The number of halogens is 1. The number of hydrogen-bond donors (Lipinski definition) is 1. The Bertz CT molecular complexity index is 925. The van der Waals surface area contributed by atoms with Gasteiger partial charge in [-0.05, 0) is 40.8 Å². The van der Waals surface area contributed by atoms with Crippen LogP contribution < -0.4 is 5.32 Å². The molecule has 0 aliphatic heterocycles. The quantitative estimate of drug-likeness (QED) is 0.551. The van der Waals surface area contributed by atoms with E-state index >= 15 is 0 Å². The van der Waals surface area contributed by atoms with Crippen LogP contribution in [0, 0.1) is 10.1 Å². The van der Waals surface area contributed by atoms with E-state index in [2.05, 4.69) is 20.8 Å². The maximum Gasteiger partial charge on any atom is 0.270 e. The zero-order valence-corrected chi connectivity index (χ0v) is 13.4. The summed E-state index contributed by atoms with van der Waals surface area (Å²) in [5, 5.41) is 25.3. The highest BCUT2D eigenvalue weighted by Gasteiger charge is 2.13. The van der Waals surface area contributed by atoms with Gasteiger partial charge in [0.1, 0.15) is 0 Å². The molecule has 126 valence electrons. The number of non-ortho nitro benzene ring substituents is 1. The minimum atomic E-state index is -0.558. The van der Waals surface area contributed by atoms with Gasteiger partial charge in [0.25, 0.3) is 11.6 Å². The SMILES string of the molecule is O=C(NCc1nnnn1-c1ccc(Cl)cc1)c1cccc([N+](=O)[O-])c1. The fourth-order valence-corrected chi connectivity index (χ4v) is 2.25. The number of nitrogens with one attached hydrogen (secondary N) is 1. The zero-order chi connectivity index (χ0) is 17.8. The van der Waals surface area contributed by atoms with E-state index < -0.39 is 10.8 Å². The van der Waals surface area contributed by atoms with Crippen LogP contribution in [0.5, 0.6) is 0 Å². The molecule has 0 radical (unpaired) electrons. The largest absolute Gasteiger partial charge is 0.345 e. The normalized spacial score (nSPS) is 10.4. The van der Waals surface area contributed by atoms with E-state index in [4.69, 9.17) is 11.6 Å². The molecule has 0 spiro atoms. The highest BCUT2D eigenvalue weighted by atomic mass is 35.5. The predicted octanol–water partition coefficient (Wildman–Crippen LogP) is 2.15. The molecule has 3 rings (SSSR count). The van der Waals surface area contributed by atoms with Crippen molar-refractivity contribution in [1.29, 1.82) is 0 Å². The number of hydrogen-bond acceptors (Lipinski definition) is 6. The second kappa shape index (κ2) is 7.05. The molecule has 0 fully saturated rings. The lowest BCUT2D eigenvalue weighted by Crippen LogP contribution is -2.24. The molecule has 0 unspecified atom stereocenters. The van der Waals surface area contributed by atoms with Gasteiger partial charge in [-0.25, -0.2) is 0 Å². The lowest BCUT2D eigenvalue weighted by Gasteiger charge is -2.06. The van der Waals surface area contributed by atoms with Crippen molar-refractivity contribution in [3.05, 3.63) is 75.1 Å². The molecule has 9 nitrogen and oxygen atoms in total. The number of aromatic nitrogens is 4. The van der Waals surface area contributed by atoms with Crippen molar-refractivity contribution in [2.75, 3.05) is 0 Å². The Balaban J connectivity index is 1.73. The van der Waals surface area contributed by atoms with Gasteiger partial charge in [-0.3, -0.25) is 14.9 Å². The minimum Gasteiger partial charge on any atom is -0.345 e. The number of nitro benzene ring substituents is 1. The van der Waals surface area contributed by atoms with Gasteiger partial charge in [0.15, 0.2) is 5.82 Å². The summed E-state index contributed by atoms with van der Waals surface area (Å²) in [5.74, 6) is -0.0598. The number of carbonyl (C=O) groups excluding carboxylic acids is 1. The number of rotatable bonds is 5. The zero-order valence-electron chi connectivity index (χ0n) is 12.7. The Labute approximate surface area is 146 Å². The van der Waals surface area contributed by atoms with E-state index in [-0.39, 0.29) is 17.8 Å². The molecular formula is C15H11ClN6O3. The Morgan fingerprint density at radius 1 is 1.24 bits per heavy atom. The summed E-state index contributed by atoms with van der Waals surface area (Å²) in [6, 6.07) is 12.3. The topological polar surface area (TPSA) is 116 Å². The van der Waals surface area contributed by atoms with Crippen LogP contribution in [0.4, 0.5) is 5.69 Å². The van der Waals surface area contributed by atoms with E-state index in [1.54, 1.807) is 24.3 Å². The molecule has 0 saturated heterocycles. The molecule has 1 amide bonds. The minimum absolute atomic E-state index is 0.0527. The van der Waals surface area contributed by atoms with Crippen molar-refractivity contribution in [1.82, 2.24) is 25.5 Å². The highest BCUT2D eigenvalue weighted by Crippen LogP contribution is 2.14. The molecule has 3 aromatic rings. The van der Waals surface area contributed by atoms with Crippen molar-refractivity contribution in [3.63, 3.8) is 0 Å². The molecule has 1 aromatic heterocycles. The first-order valence-electron chi connectivity index (χ1n) is 7.10. The van der Waals surface area contributed by atoms with Gasteiger partial charge in [0, 0.05) is 22.7 Å². The fraction of sp³-hybridized carbons (Fsp3) is 0.0667. The average molecular weight is 359 g/mol. The summed E-state index contributed by atoms with van der Waals surface area (Å²) in [6.45, 7) is 0.0527. The number of tetrazole rings is 1. The monoisotopic (exact) mass is 358 g/mol. The lowest BCUT2D eigenvalue weighted by atomic mass is 10.2. The summed E-state index contributed by atoms with van der Waals surface area (Å²) in [7, 11) is 0. The number of nitrogens with zero attached hydrogens (tertiary/aromatic N) is 5. The Morgan fingerprint density at radius 3 is 2.72 bits per heavy atom. The molecule has 2 aromatic carbocycles. The molecule has 0 saturated carbocycles. The third-order valence-electron chi connectivity index (χ3n) is 3.33. The Hall–Kier alpha value is -3.33. The van der Waals surface area contributed by atoms with Crippen molar-refractivity contribution in [3.8, 4) is 5.69 Å². The van der Waals surface area contributed by atoms with E-state index in [1.165, 1.54) is 28.9 Å². The van der Waals surface area contributed by atoms with E-state index in [9.17, 15) is 14.9 Å². The van der Waals surface area contributed by atoms with E-state index in [0.717, 1.165) is 0 Å². The molecule has 0 aliphatic rings. The maximum atomic E-state index is 12.2. The molecular weight excluding hydrogens is 348 g/mol. The second-order valence-electron chi connectivity index (χ2n) is 4.97. The van der Waals surface area contributed by atoms with Gasteiger partial charge in [0.2, 0.25) is 0 Å². The van der Waals surface area contributed by atoms with Crippen LogP contribution in [-0.4, -0.2) is 31.0 Å². The van der Waals surface area contributed by atoms with Crippen molar-refractivity contribution in [2.24, 2.45) is 0 Å². The number of carbonyl (C=O) groups is 1. The predicted molar refractivity (Wildman–Crippen MR) is 88.4 cm³/mol. The molecule has 10 heteroatoms. The summed E-state index contributed by atoms with van der Waals surface area (Å²) in [4.78, 5) is 22.4. The molecule has 0 atom stereocenters. The Kier molecular flexibility index (Phi) is 4.66. The first-order chi connectivity index (χ1) is 12.0. The van der Waals surface area contributed by atoms with Gasteiger partial charge in [0.05, 0.1) is 17.2 Å². The number of benzene rings is 2. The standard InChI is InChI=1S/C15H11ClN6O3/c16-11-4-6-12(7-5-11)21-14(18-19-20-21)9-17-15(23)10-2-1-3-13(8-10)22(24)25/h1-8H,9H2,(H,17,23). The van der Waals surface area contributed by atoms with Gasteiger partial charge < -0.3 is 5.32 Å². The number of amides is 1. The third-order valence-corrected chi connectivity index (χ3v) is 3.58. The van der Waals surface area contributed by atoms with Gasteiger partial charge in [-0.2, -0.15) is 4.68 Å². The fourth-order valence-electron chi connectivity index (χ4n) is 2.12. The molecule has 1 heterocycles. The van der Waals surface area contributed by atoms with Crippen molar-refractivity contribution in [2.45, 2.75) is 6.54 Å². The lowest BCUT2D eigenvalue weighted by molar-refractivity contribution is -0.384. The van der Waals surface area contributed by atoms with Gasteiger partial charge >= 0.3 is 0 Å². The smallest absolute Gasteiger partial charge is 0.270 e. The average Bonchev–Trinajstić information content (AvgIpc) is 3.09. The van der Waals surface area contributed by atoms with Crippen molar-refractivity contribution >= 4 is 23.2 Å². The maximum absolute atomic E-state index is 12.2. The van der Waals surface area contributed by atoms with E-state index in [0.29, 0.717) is 16.5 Å². The van der Waals surface area contributed by atoms with Crippen molar-refractivity contribution < 1.29 is 9.72 Å². The third kappa shape index (κ3) is 3.78. The number of nitro groups is 1.